The summed E-state index contributed by atoms with van der Waals surface area (Å²) in [5.41, 5.74) is 1.78. The summed E-state index contributed by atoms with van der Waals surface area (Å²) in [7, 11) is 0. The molecule has 0 bridgehead atoms. The molecule has 0 amide bonds. The molecule has 80 valence electrons. The average molecular weight is 205 g/mol. The number of nitrogens with one attached hydrogen (secondary N) is 2. The smallest absolute Gasteiger partial charge is 0.182 e. The Balaban J connectivity index is 2.36. The van der Waals surface area contributed by atoms with E-state index in [1.54, 1.807) is 12.7 Å². The van der Waals surface area contributed by atoms with Gasteiger partial charge in [0.2, 0.25) is 0 Å². The fraction of sp³-hybridized carbons (Fsp3) is 0.500. The van der Waals surface area contributed by atoms with Gasteiger partial charge < -0.3 is 9.55 Å². The molecule has 0 aliphatic heterocycles. The molecule has 0 aromatic carbocycles. The Labute approximate surface area is 87.7 Å². The van der Waals surface area contributed by atoms with Crippen LogP contribution < -0.4 is 5.49 Å². The van der Waals surface area contributed by atoms with Gasteiger partial charge in [-0.1, -0.05) is 13.8 Å². The zero-order valence-corrected chi connectivity index (χ0v) is 8.99. The minimum absolute atomic E-state index is 0.457. The van der Waals surface area contributed by atoms with Gasteiger partial charge in [0.1, 0.15) is 5.52 Å². The Hall–Kier alpha value is -1.65. The summed E-state index contributed by atoms with van der Waals surface area (Å²) in [6, 6.07) is 0. The number of rotatable bonds is 3. The van der Waals surface area contributed by atoms with E-state index in [1.807, 2.05) is 4.57 Å². The molecule has 0 saturated carbocycles. The molecule has 2 rings (SSSR count). The Morgan fingerprint density at radius 1 is 1.47 bits per heavy atom. The predicted molar refractivity (Wildman–Crippen MR) is 57.2 cm³/mol. The van der Waals surface area contributed by atoms with Crippen LogP contribution in [0.3, 0.4) is 0 Å². The van der Waals surface area contributed by atoms with Crippen LogP contribution in [0.4, 0.5) is 0 Å². The van der Waals surface area contributed by atoms with E-state index in [0.29, 0.717) is 22.6 Å². The lowest BCUT2D eigenvalue weighted by atomic mass is 10.1. The van der Waals surface area contributed by atoms with E-state index in [1.165, 1.54) is 0 Å². The normalized spacial score (nSPS) is 11.4. The molecular weight excluding hydrogens is 190 g/mol. The van der Waals surface area contributed by atoms with Crippen LogP contribution in [0.2, 0.25) is 0 Å². The van der Waals surface area contributed by atoms with Crippen molar-refractivity contribution in [1.82, 2.24) is 19.5 Å². The van der Waals surface area contributed by atoms with Crippen LogP contribution >= 0.6 is 0 Å². The van der Waals surface area contributed by atoms with Crippen LogP contribution in [0.1, 0.15) is 20.3 Å². The van der Waals surface area contributed by atoms with Gasteiger partial charge in [-0.05, 0) is 12.3 Å². The molecule has 0 saturated heterocycles. The van der Waals surface area contributed by atoms with Crippen molar-refractivity contribution >= 4 is 11.2 Å². The van der Waals surface area contributed by atoms with Gasteiger partial charge in [0, 0.05) is 6.54 Å². The minimum atomic E-state index is 0.457. The van der Waals surface area contributed by atoms with Crippen molar-refractivity contribution in [2.45, 2.75) is 26.8 Å². The van der Waals surface area contributed by atoms with Crippen molar-refractivity contribution in [3.05, 3.63) is 18.1 Å². The van der Waals surface area contributed by atoms with Gasteiger partial charge in [-0.2, -0.15) is 0 Å². The highest BCUT2D eigenvalue weighted by Crippen LogP contribution is 2.02. The Kier molecular flexibility index (Phi) is 2.53. The van der Waals surface area contributed by atoms with Crippen LogP contribution in [0.15, 0.2) is 12.7 Å². The van der Waals surface area contributed by atoms with E-state index in [9.17, 15) is 0 Å². The Bertz CT molecular complexity index is 508. The topological polar surface area (TPSA) is 70.3 Å². The molecule has 2 aromatic heterocycles. The van der Waals surface area contributed by atoms with Crippen molar-refractivity contribution in [1.29, 1.82) is 5.41 Å². The summed E-state index contributed by atoms with van der Waals surface area (Å²) in [6.07, 6.45) is 4.31. The highest BCUT2D eigenvalue weighted by Gasteiger charge is 2.03. The molecule has 0 radical (unpaired) electrons. The summed E-state index contributed by atoms with van der Waals surface area (Å²) < 4.78 is 1.85. The lowest BCUT2D eigenvalue weighted by Gasteiger charge is -2.07. The van der Waals surface area contributed by atoms with E-state index in [4.69, 9.17) is 5.41 Å². The lowest BCUT2D eigenvalue weighted by Crippen LogP contribution is -2.21. The second-order valence-corrected chi connectivity index (χ2v) is 4.07. The fourth-order valence-corrected chi connectivity index (χ4v) is 1.45. The summed E-state index contributed by atoms with van der Waals surface area (Å²) in [4.78, 5) is 11.1. The van der Waals surface area contributed by atoms with Gasteiger partial charge in [-0.25, -0.2) is 9.97 Å². The van der Waals surface area contributed by atoms with Crippen molar-refractivity contribution < 1.29 is 0 Å². The molecule has 5 heteroatoms. The second kappa shape index (κ2) is 3.84. The van der Waals surface area contributed by atoms with Gasteiger partial charge >= 0.3 is 0 Å². The first-order valence-corrected chi connectivity index (χ1v) is 5.11. The fourth-order valence-electron chi connectivity index (χ4n) is 1.45. The molecule has 0 unspecified atom stereocenters. The molecule has 2 aromatic rings. The molecule has 15 heavy (non-hydrogen) atoms. The molecule has 0 aliphatic carbocycles. The van der Waals surface area contributed by atoms with E-state index < -0.39 is 0 Å². The first-order chi connectivity index (χ1) is 7.18. The maximum Gasteiger partial charge on any atom is 0.182 e. The number of aromatic amines is 1. The molecule has 0 fully saturated rings. The number of aryl methyl sites for hydroxylation is 1. The largest absolute Gasteiger partial charge is 0.340 e. The number of hydrogen-bond donors (Lipinski definition) is 2. The van der Waals surface area contributed by atoms with Gasteiger partial charge in [-0.15, -0.1) is 0 Å². The van der Waals surface area contributed by atoms with Crippen molar-refractivity contribution in [3.63, 3.8) is 0 Å². The maximum atomic E-state index is 7.95. The number of aromatic nitrogens is 4. The Morgan fingerprint density at radius 2 is 2.27 bits per heavy atom. The van der Waals surface area contributed by atoms with Gasteiger partial charge in [0.05, 0.1) is 12.7 Å². The summed E-state index contributed by atoms with van der Waals surface area (Å²) in [5.74, 6) is 0.634. The Morgan fingerprint density at radius 3 is 3.00 bits per heavy atom. The quantitative estimate of drug-likeness (QED) is 0.792. The maximum absolute atomic E-state index is 7.95. The molecule has 2 heterocycles. The average Bonchev–Trinajstić information content (AvgIpc) is 2.65. The van der Waals surface area contributed by atoms with Crippen molar-refractivity contribution in [2.24, 2.45) is 5.92 Å². The van der Waals surface area contributed by atoms with Gasteiger partial charge in [0.15, 0.2) is 11.1 Å². The van der Waals surface area contributed by atoms with Crippen LogP contribution in [-0.2, 0) is 6.54 Å². The molecule has 2 N–H and O–H groups in total. The van der Waals surface area contributed by atoms with E-state index in [-0.39, 0.29) is 0 Å². The second-order valence-electron chi connectivity index (χ2n) is 4.07. The molecular formula is C10H15N5. The van der Waals surface area contributed by atoms with Crippen LogP contribution in [0.5, 0.6) is 0 Å². The number of imidazole rings is 1. The highest BCUT2D eigenvalue weighted by molar-refractivity contribution is 5.67. The molecule has 5 nitrogen and oxygen atoms in total. The zero-order valence-electron chi connectivity index (χ0n) is 8.99. The van der Waals surface area contributed by atoms with E-state index >= 15 is 0 Å². The SMILES string of the molecule is CC(C)CCn1cnc2nc[nH]c2c1=N. The van der Waals surface area contributed by atoms with E-state index in [2.05, 4.69) is 28.8 Å². The number of hydrogen-bond acceptors (Lipinski definition) is 3. The molecule has 0 atom stereocenters. The van der Waals surface area contributed by atoms with E-state index in [0.717, 1.165) is 13.0 Å². The van der Waals surface area contributed by atoms with Gasteiger partial charge in [-0.3, -0.25) is 5.41 Å². The van der Waals surface area contributed by atoms with Gasteiger partial charge in [0.25, 0.3) is 0 Å². The molecule has 0 spiro atoms. The van der Waals surface area contributed by atoms with Crippen molar-refractivity contribution in [3.8, 4) is 0 Å². The monoisotopic (exact) mass is 205 g/mol. The summed E-state index contributed by atoms with van der Waals surface area (Å²) in [6.45, 7) is 5.18. The summed E-state index contributed by atoms with van der Waals surface area (Å²) >= 11 is 0. The van der Waals surface area contributed by atoms with Crippen molar-refractivity contribution in [2.75, 3.05) is 0 Å². The predicted octanol–water partition coefficient (Wildman–Crippen LogP) is 1.28. The number of fused-ring (bicyclic) bond motifs is 1. The summed E-state index contributed by atoms with van der Waals surface area (Å²) in [5, 5.41) is 7.95. The number of H-pyrrole nitrogens is 1. The third kappa shape index (κ3) is 1.91. The molecule has 0 aliphatic rings. The van der Waals surface area contributed by atoms with Crippen LogP contribution in [-0.4, -0.2) is 19.5 Å². The highest BCUT2D eigenvalue weighted by atomic mass is 15.1. The first kappa shape index (κ1) is 9.89. The lowest BCUT2D eigenvalue weighted by molar-refractivity contribution is 0.501. The standard InChI is InChI=1S/C10H15N5/c1-7(2)3-4-15-6-14-10-8(9(15)11)12-5-13-10/h5-7,11H,3-4H2,1-2H3,(H,12,13). The third-order valence-electron chi connectivity index (χ3n) is 2.41. The van der Waals surface area contributed by atoms with Crippen LogP contribution in [0, 0.1) is 11.3 Å². The third-order valence-corrected chi connectivity index (χ3v) is 2.41. The minimum Gasteiger partial charge on any atom is -0.340 e. The van der Waals surface area contributed by atoms with Crippen LogP contribution in [0.25, 0.3) is 11.2 Å². The zero-order chi connectivity index (χ0) is 10.8. The number of nitrogens with zero attached hydrogens (tertiary/aromatic N) is 3. The first-order valence-electron chi connectivity index (χ1n) is 5.11.